The van der Waals surface area contributed by atoms with E-state index in [1.165, 1.54) is 17.4 Å². The van der Waals surface area contributed by atoms with Crippen molar-refractivity contribution in [3.8, 4) is 6.07 Å². The molecule has 0 saturated heterocycles. The SMILES string of the molecule is CC(C)N(Cc1ccc(C#N)cc1)C(=O)c1cc(C(N)=O)cs1. The summed E-state index contributed by atoms with van der Waals surface area (Å²) in [6, 6.07) is 10.7. The molecular weight excluding hydrogens is 310 g/mol. The zero-order valence-corrected chi connectivity index (χ0v) is 13.8. The summed E-state index contributed by atoms with van der Waals surface area (Å²) in [5.74, 6) is -0.676. The van der Waals surface area contributed by atoms with Crippen molar-refractivity contribution in [3.05, 3.63) is 57.3 Å². The van der Waals surface area contributed by atoms with E-state index in [0.29, 0.717) is 22.5 Å². The van der Waals surface area contributed by atoms with Crippen molar-refractivity contribution >= 4 is 23.2 Å². The molecule has 0 atom stereocenters. The van der Waals surface area contributed by atoms with Crippen LogP contribution in [0.2, 0.25) is 0 Å². The second kappa shape index (κ2) is 7.07. The van der Waals surface area contributed by atoms with Crippen LogP contribution in [-0.4, -0.2) is 22.8 Å². The molecule has 1 aromatic carbocycles. The first-order valence-corrected chi connectivity index (χ1v) is 7.98. The van der Waals surface area contributed by atoms with Gasteiger partial charge in [-0.2, -0.15) is 5.26 Å². The predicted molar refractivity (Wildman–Crippen MR) is 89.0 cm³/mol. The van der Waals surface area contributed by atoms with Crippen LogP contribution in [0.25, 0.3) is 0 Å². The number of hydrogen-bond acceptors (Lipinski definition) is 4. The molecule has 2 rings (SSSR count). The largest absolute Gasteiger partial charge is 0.366 e. The van der Waals surface area contributed by atoms with E-state index in [2.05, 4.69) is 6.07 Å². The Morgan fingerprint density at radius 3 is 2.43 bits per heavy atom. The molecule has 0 aliphatic carbocycles. The lowest BCUT2D eigenvalue weighted by molar-refractivity contribution is 0.0695. The smallest absolute Gasteiger partial charge is 0.264 e. The number of rotatable bonds is 5. The van der Waals surface area contributed by atoms with E-state index in [0.717, 1.165) is 5.56 Å². The van der Waals surface area contributed by atoms with Gasteiger partial charge in [-0.1, -0.05) is 12.1 Å². The predicted octanol–water partition coefficient (Wildman–Crippen LogP) is 2.77. The summed E-state index contributed by atoms with van der Waals surface area (Å²) in [4.78, 5) is 26.1. The molecule has 23 heavy (non-hydrogen) atoms. The summed E-state index contributed by atoms with van der Waals surface area (Å²) in [5, 5.41) is 10.4. The van der Waals surface area contributed by atoms with Gasteiger partial charge in [0.1, 0.15) is 0 Å². The highest BCUT2D eigenvalue weighted by Crippen LogP contribution is 2.20. The molecule has 6 heteroatoms. The van der Waals surface area contributed by atoms with Crippen LogP contribution >= 0.6 is 11.3 Å². The fourth-order valence-electron chi connectivity index (χ4n) is 2.09. The van der Waals surface area contributed by atoms with Crippen LogP contribution in [0, 0.1) is 11.3 Å². The van der Waals surface area contributed by atoms with Gasteiger partial charge in [0.15, 0.2) is 0 Å². The Morgan fingerprint density at radius 1 is 1.30 bits per heavy atom. The number of carbonyl (C=O) groups is 2. The van der Waals surface area contributed by atoms with E-state index in [1.807, 2.05) is 26.0 Å². The molecule has 0 bridgehead atoms. The summed E-state index contributed by atoms with van der Waals surface area (Å²) in [7, 11) is 0. The molecule has 1 aromatic heterocycles. The summed E-state index contributed by atoms with van der Waals surface area (Å²) < 4.78 is 0. The Hall–Kier alpha value is -2.65. The molecule has 0 spiro atoms. The van der Waals surface area contributed by atoms with Gasteiger partial charge in [-0.05, 0) is 37.6 Å². The van der Waals surface area contributed by atoms with Crippen LogP contribution in [0.4, 0.5) is 0 Å². The molecule has 0 saturated carbocycles. The Labute approximate surface area is 138 Å². The normalized spacial score (nSPS) is 10.3. The maximum atomic E-state index is 12.7. The number of thiophene rings is 1. The second-order valence-corrected chi connectivity index (χ2v) is 6.31. The van der Waals surface area contributed by atoms with E-state index in [-0.39, 0.29) is 11.9 Å². The molecule has 1 heterocycles. The van der Waals surface area contributed by atoms with Crippen molar-refractivity contribution < 1.29 is 9.59 Å². The van der Waals surface area contributed by atoms with Gasteiger partial charge in [-0.25, -0.2) is 0 Å². The first-order chi connectivity index (χ1) is 10.9. The number of nitrogens with zero attached hydrogens (tertiary/aromatic N) is 2. The van der Waals surface area contributed by atoms with Gasteiger partial charge in [-0.15, -0.1) is 11.3 Å². The summed E-state index contributed by atoms with van der Waals surface area (Å²) in [6.07, 6.45) is 0. The topological polar surface area (TPSA) is 87.2 Å². The molecule has 2 amide bonds. The van der Waals surface area contributed by atoms with Gasteiger partial charge in [0.05, 0.1) is 22.1 Å². The molecular formula is C17H17N3O2S. The first kappa shape index (κ1) is 16.7. The molecule has 0 radical (unpaired) electrons. The number of hydrogen-bond donors (Lipinski definition) is 1. The van der Waals surface area contributed by atoms with Gasteiger partial charge >= 0.3 is 0 Å². The number of carbonyl (C=O) groups excluding carboxylic acids is 2. The summed E-state index contributed by atoms with van der Waals surface area (Å²) in [6.45, 7) is 4.31. The number of primary amides is 1. The molecule has 0 fully saturated rings. The zero-order chi connectivity index (χ0) is 17.0. The average molecular weight is 327 g/mol. The minimum Gasteiger partial charge on any atom is -0.366 e. The molecule has 0 aliphatic rings. The quantitative estimate of drug-likeness (QED) is 0.916. The summed E-state index contributed by atoms with van der Waals surface area (Å²) in [5.41, 5.74) is 7.10. The highest BCUT2D eigenvalue weighted by Gasteiger charge is 2.21. The number of nitriles is 1. The molecule has 2 N–H and O–H groups in total. The van der Waals surface area contributed by atoms with Gasteiger partial charge < -0.3 is 10.6 Å². The lowest BCUT2D eigenvalue weighted by Crippen LogP contribution is -2.36. The first-order valence-electron chi connectivity index (χ1n) is 7.10. The van der Waals surface area contributed by atoms with Crippen molar-refractivity contribution in [1.29, 1.82) is 5.26 Å². The third kappa shape index (κ3) is 3.96. The van der Waals surface area contributed by atoms with Crippen molar-refractivity contribution in [2.24, 2.45) is 5.73 Å². The maximum Gasteiger partial charge on any atom is 0.264 e. The van der Waals surface area contributed by atoms with Crippen LogP contribution in [0.15, 0.2) is 35.7 Å². The van der Waals surface area contributed by atoms with Crippen molar-refractivity contribution in [3.63, 3.8) is 0 Å². The Bertz CT molecular complexity index is 757. The minimum atomic E-state index is -0.538. The van der Waals surface area contributed by atoms with E-state index >= 15 is 0 Å². The lowest BCUT2D eigenvalue weighted by atomic mass is 10.1. The third-order valence-corrected chi connectivity index (χ3v) is 4.33. The lowest BCUT2D eigenvalue weighted by Gasteiger charge is -2.26. The number of benzene rings is 1. The monoisotopic (exact) mass is 327 g/mol. The van der Waals surface area contributed by atoms with E-state index < -0.39 is 5.91 Å². The highest BCUT2D eigenvalue weighted by molar-refractivity contribution is 7.12. The second-order valence-electron chi connectivity index (χ2n) is 5.40. The van der Waals surface area contributed by atoms with Crippen LogP contribution in [0.3, 0.4) is 0 Å². The molecule has 5 nitrogen and oxygen atoms in total. The van der Waals surface area contributed by atoms with Crippen molar-refractivity contribution in [2.75, 3.05) is 0 Å². The van der Waals surface area contributed by atoms with Gasteiger partial charge in [0.25, 0.3) is 5.91 Å². The van der Waals surface area contributed by atoms with E-state index in [4.69, 9.17) is 11.0 Å². The Morgan fingerprint density at radius 2 is 1.96 bits per heavy atom. The average Bonchev–Trinajstić information content (AvgIpc) is 3.02. The Kier molecular flexibility index (Phi) is 5.14. The fourth-order valence-corrected chi connectivity index (χ4v) is 2.94. The molecule has 118 valence electrons. The van der Waals surface area contributed by atoms with Gasteiger partial charge in [0, 0.05) is 18.0 Å². The number of amides is 2. The molecule has 0 unspecified atom stereocenters. The fraction of sp³-hybridized carbons (Fsp3) is 0.235. The van der Waals surface area contributed by atoms with Crippen LogP contribution in [0.1, 0.15) is 45.0 Å². The highest BCUT2D eigenvalue weighted by atomic mass is 32.1. The zero-order valence-electron chi connectivity index (χ0n) is 12.9. The van der Waals surface area contributed by atoms with Crippen LogP contribution < -0.4 is 5.73 Å². The van der Waals surface area contributed by atoms with Crippen LogP contribution in [0.5, 0.6) is 0 Å². The third-order valence-electron chi connectivity index (χ3n) is 3.41. The maximum absolute atomic E-state index is 12.7. The summed E-state index contributed by atoms with van der Waals surface area (Å²) >= 11 is 1.21. The van der Waals surface area contributed by atoms with E-state index in [1.54, 1.807) is 22.4 Å². The van der Waals surface area contributed by atoms with Gasteiger partial charge in [-0.3, -0.25) is 9.59 Å². The Balaban J connectivity index is 2.21. The van der Waals surface area contributed by atoms with Crippen LogP contribution in [-0.2, 0) is 6.54 Å². The number of nitrogens with two attached hydrogens (primary N) is 1. The van der Waals surface area contributed by atoms with Gasteiger partial charge in [0.2, 0.25) is 5.91 Å². The molecule has 2 aromatic rings. The van der Waals surface area contributed by atoms with E-state index in [9.17, 15) is 9.59 Å². The minimum absolute atomic E-state index is 0.00253. The molecule has 0 aliphatic heterocycles. The standard InChI is InChI=1S/C17H17N3O2S/c1-11(2)20(9-13-5-3-12(8-18)4-6-13)17(22)15-7-14(10-23-15)16(19)21/h3-7,10-11H,9H2,1-2H3,(H2,19,21). The van der Waals surface area contributed by atoms with Crippen molar-refractivity contribution in [2.45, 2.75) is 26.4 Å². The van der Waals surface area contributed by atoms with Crippen molar-refractivity contribution in [1.82, 2.24) is 4.90 Å².